The quantitative estimate of drug-likeness (QED) is 0.879. The number of hydrogen-bond acceptors (Lipinski definition) is 4. The molecule has 1 aliphatic rings. The van der Waals surface area contributed by atoms with Gasteiger partial charge in [0.05, 0.1) is 6.04 Å². The highest BCUT2D eigenvalue weighted by molar-refractivity contribution is 5.88. The summed E-state index contributed by atoms with van der Waals surface area (Å²) >= 11 is 0. The molecule has 2 rings (SSSR count). The molecule has 6 nitrogen and oxygen atoms in total. The Balaban J connectivity index is 2.00. The third kappa shape index (κ3) is 5.25. The Morgan fingerprint density at radius 2 is 1.91 bits per heavy atom. The Morgan fingerprint density at radius 3 is 2.48 bits per heavy atom. The van der Waals surface area contributed by atoms with Gasteiger partial charge in [-0.15, -0.1) is 0 Å². The molecule has 0 bridgehead atoms. The average molecular weight is 319 g/mol. The van der Waals surface area contributed by atoms with Crippen molar-refractivity contribution in [2.24, 2.45) is 0 Å². The van der Waals surface area contributed by atoms with Gasteiger partial charge >= 0.3 is 6.09 Å². The van der Waals surface area contributed by atoms with Crippen LogP contribution in [-0.2, 0) is 9.53 Å². The SMILES string of the molecule is CC(=O)Nc1ccc(C2CN(C(=O)OC(C)(C)C)CCN2)cc1. The van der Waals surface area contributed by atoms with Crippen LogP contribution in [0.5, 0.6) is 0 Å². The summed E-state index contributed by atoms with van der Waals surface area (Å²) in [6.07, 6.45) is -0.279. The van der Waals surface area contributed by atoms with Gasteiger partial charge in [-0.3, -0.25) is 4.79 Å². The van der Waals surface area contributed by atoms with Crippen LogP contribution in [0.4, 0.5) is 10.5 Å². The molecule has 0 saturated carbocycles. The zero-order chi connectivity index (χ0) is 17.0. The number of nitrogens with one attached hydrogen (secondary N) is 2. The number of anilines is 1. The Kier molecular flexibility index (Phi) is 5.26. The van der Waals surface area contributed by atoms with E-state index in [1.165, 1.54) is 6.92 Å². The number of carbonyl (C=O) groups excluding carboxylic acids is 2. The van der Waals surface area contributed by atoms with Crippen LogP contribution in [0.3, 0.4) is 0 Å². The third-order valence-corrected chi connectivity index (χ3v) is 3.46. The molecule has 6 heteroatoms. The third-order valence-electron chi connectivity index (χ3n) is 3.46. The van der Waals surface area contributed by atoms with Crippen molar-refractivity contribution in [2.45, 2.75) is 39.3 Å². The first-order chi connectivity index (χ1) is 10.7. The molecule has 1 saturated heterocycles. The van der Waals surface area contributed by atoms with E-state index >= 15 is 0 Å². The van der Waals surface area contributed by atoms with Crippen LogP contribution in [0.25, 0.3) is 0 Å². The van der Waals surface area contributed by atoms with E-state index in [1.54, 1.807) is 4.90 Å². The summed E-state index contributed by atoms with van der Waals surface area (Å²) in [6, 6.07) is 7.71. The highest BCUT2D eigenvalue weighted by Gasteiger charge is 2.27. The molecule has 2 amide bonds. The number of rotatable bonds is 2. The second kappa shape index (κ2) is 7.00. The first-order valence-corrected chi connectivity index (χ1v) is 7.83. The second-order valence-electron chi connectivity index (χ2n) is 6.74. The van der Waals surface area contributed by atoms with E-state index < -0.39 is 5.60 Å². The van der Waals surface area contributed by atoms with Gasteiger partial charge < -0.3 is 20.3 Å². The predicted octanol–water partition coefficient (Wildman–Crippen LogP) is 2.53. The lowest BCUT2D eigenvalue weighted by molar-refractivity contribution is -0.114. The number of amides is 2. The molecule has 1 heterocycles. The summed E-state index contributed by atoms with van der Waals surface area (Å²) in [5.74, 6) is -0.0929. The van der Waals surface area contributed by atoms with Crippen LogP contribution < -0.4 is 10.6 Å². The second-order valence-corrected chi connectivity index (χ2v) is 6.74. The minimum absolute atomic E-state index is 0.0580. The molecule has 0 radical (unpaired) electrons. The number of benzene rings is 1. The Morgan fingerprint density at radius 1 is 1.26 bits per heavy atom. The largest absolute Gasteiger partial charge is 0.444 e. The van der Waals surface area contributed by atoms with E-state index in [1.807, 2.05) is 45.0 Å². The molecular formula is C17H25N3O3. The van der Waals surface area contributed by atoms with E-state index in [9.17, 15) is 9.59 Å². The van der Waals surface area contributed by atoms with Gasteiger partial charge in [0.1, 0.15) is 5.60 Å². The smallest absolute Gasteiger partial charge is 0.410 e. The summed E-state index contributed by atoms with van der Waals surface area (Å²) in [6.45, 7) is 9.00. The number of nitrogens with zero attached hydrogens (tertiary/aromatic N) is 1. The van der Waals surface area contributed by atoms with E-state index in [0.717, 1.165) is 17.8 Å². The summed E-state index contributed by atoms with van der Waals surface area (Å²) in [7, 11) is 0. The summed E-state index contributed by atoms with van der Waals surface area (Å²) in [5.41, 5.74) is 1.35. The molecular weight excluding hydrogens is 294 g/mol. The molecule has 0 spiro atoms. The van der Waals surface area contributed by atoms with Crippen molar-refractivity contribution in [3.8, 4) is 0 Å². The fourth-order valence-electron chi connectivity index (χ4n) is 2.47. The minimum atomic E-state index is -0.489. The predicted molar refractivity (Wildman–Crippen MR) is 89.3 cm³/mol. The topological polar surface area (TPSA) is 70.7 Å². The van der Waals surface area contributed by atoms with Gasteiger partial charge in [-0.1, -0.05) is 12.1 Å². The molecule has 1 unspecified atom stereocenters. The van der Waals surface area contributed by atoms with Crippen molar-refractivity contribution in [1.82, 2.24) is 10.2 Å². The fraction of sp³-hybridized carbons (Fsp3) is 0.529. The number of hydrogen-bond donors (Lipinski definition) is 2. The Hall–Kier alpha value is -2.08. The van der Waals surface area contributed by atoms with E-state index in [-0.39, 0.29) is 18.0 Å². The lowest BCUT2D eigenvalue weighted by atomic mass is 10.0. The van der Waals surface area contributed by atoms with Gasteiger partial charge in [0.25, 0.3) is 0 Å². The van der Waals surface area contributed by atoms with Crippen LogP contribution in [0, 0.1) is 0 Å². The number of carbonyl (C=O) groups is 2. The van der Waals surface area contributed by atoms with Crippen LogP contribution in [0.15, 0.2) is 24.3 Å². The van der Waals surface area contributed by atoms with Crippen molar-refractivity contribution >= 4 is 17.7 Å². The van der Waals surface area contributed by atoms with Gasteiger partial charge in [-0.2, -0.15) is 0 Å². The molecule has 0 aliphatic carbocycles. The molecule has 1 aromatic rings. The zero-order valence-corrected chi connectivity index (χ0v) is 14.2. The Bertz CT molecular complexity index is 563. The lowest BCUT2D eigenvalue weighted by Crippen LogP contribution is -2.49. The minimum Gasteiger partial charge on any atom is -0.444 e. The maximum Gasteiger partial charge on any atom is 0.410 e. The molecule has 1 aliphatic heterocycles. The van der Waals surface area contributed by atoms with Crippen LogP contribution in [-0.4, -0.2) is 42.1 Å². The molecule has 23 heavy (non-hydrogen) atoms. The van der Waals surface area contributed by atoms with E-state index in [0.29, 0.717) is 13.1 Å². The monoisotopic (exact) mass is 319 g/mol. The zero-order valence-electron chi connectivity index (χ0n) is 14.2. The summed E-state index contributed by atoms with van der Waals surface area (Å²) < 4.78 is 5.44. The standard InChI is InChI=1S/C17H25N3O3/c1-12(21)19-14-7-5-13(6-8-14)15-11-20(10-9-18-15)16(22)23-17(2,3)4/h5-8,15,18H,9-11H2,1-4H3,(H,19,21). The van der Waals surface area contributed by atoms with Gasteiger partial charge in [0.2, 0.25) is 5.91 Å². The van der Waals surface area contributed by atoms with Gasteiger partial charge in [-0.05, 0) is 38.5 Å². The van der Waals surface area contributed by atoms with Crippen molar-refractivity contribution in [2.75, 3.05) is 25.0 Å². The Labute approximate surface area is 137 Å². The first kappa shape index (κ1) is 17.3. The van der Waals surface area contributed by atoms with E-state index in [2.05, 4.69) is 10.6 Å². The normalized spacial score (nSPS) is 18.4. The summed E-state index contributed by atoms with van der Waals surface area (Å²) in [4.78, 5) is 25.0. The van der Waals surface area contributed by atoms with Gasteiger partial charge in [0.15, 0.2) is 0 Å². The van der Waals surface area contributed by atoms with Crippen molar-refractivity contribution < 1.29 is 14.3 Å². The molecule has 126 valence electrons. The average Bonchev–Trinajstić information content (AvgIpc) is 2.46. The number of piperazine rings is 1. The van der Waals surface area contributed by atoms with Crippen LogP contribution in [0.2, 0.25) is 0 Å². The maximum atomic E-state index is 12.2. The van der Waals surface area contributed by atoms with Crippen molar-refractivity contribution in [3.05, 3.63) is 29.8 Å². The maximum absolute atomic E-state index is 12.2. The number of ether oxygens (including phenoxy) is 1. The van der Waals surface area contributed by atoms with Gasteiger partial charge in [0, 0.05) is 32.2 Å². The highest BCUT2D eigenvalue weighted by atomic mass is 16.6. The fourth-order valence-corrected chi connectivity index (χ4v) is 2.47. The van der Waals surface area contributed by atoms with Crippen LogP contribution >= 0.6 is 0 Å². The van der Waals surface area contributed by atoms with Crippen LogP contribution in [0.1, 0.15) is 39.3 Å². The van der Waals surface area contributed by atoms with Gasteiger partial charge in [-0.25, -0.2) is 4.79 Å². The van der Waals surface area contributed by atoms with E-state index in [4.69, 9.17) is 4.74 Å². The first-order valence-electron chi connectivity index (χ1n) is 7.83. The molecule has 1 aromatic carbocycles. The lowest BCUT2D eigenvalue weighted by Gasteiger charge is -2.35. The summed E-state index contributed by atoms with van der Waals surface area (Å²) in [5, 5.41) is 6.15. The van der Waals surface area contributed by atoms with Crippen molar-refractivity contribution in [3.63, 3.8) is 0 Å². The molecule has 1 atom stereocenters. The van der Waals surface area contributed by atoms with Crippen molar-refractivity contribution in [1.29, 1.82) is 0 Å². The molecule has 0 aromatic heterocycles. The molecule has 1 fully saturated rings. The highest BCUT2D eigenvalue weighted by Crippen LogP contribution is 2.21. The molecule has 2 N–H and O–H groups in total.